The second kappa shape index (κ2) is 6.59. The lowest BCUT2D eigenvalue weighted by molar-refractivity contribution is -0.148. The highest BCUT2D eigenvalue weighted by Gasteiger charge is 2.27. The summed E-state index contributed by atoms with van der Waals surface area (Å²) in [6.07, 6.45) is 2.00. The van der Waals surface area contributed by atoms with Gasteiger partial charge >= 0.3 is 0 Å². The van der Waals surface area contributed by atoms with Crippen LogP contribution in [-0.2, 0) is 9.59 Å². The Labute approximate surface area is 103 Å². The average Bonchev–Trinajstić information content (AvgIpc) is 2.29. The molecular formula is C12H23N3O2. The van der Waals surface area contributed by atoms with E-state index in [0.717, 1.165) is 19.4 Å². The van der Waals surface area contributed by atoms with Gasteiger partial charge in [-0.1, -0.05) is 6.92 Å². The lowest BCUT2D eigenvalue weighted by Gasteiger charge is -2.32. The number of nitrogens with one attached hydrogen (secondary N) is 1. The Hall–Kier alpha value is -1.10. The molecule has 17 heavy (non-hydrogen) atoms. The molecule has 1 unspecified atom stereocenters. The summed E-state index contributed by atoms with van der Waals surface area (Å²) >= 11 is 0. The molecule has 1 N–H and O–H groups in total. The zero-order valence-corrected chi connectivity index (χ0v) is 11.0. The Balaban J connectivity index is 2.31. The number of likely N-dealkylation sites (N-methyl/N-ethyl adjacent to an activating group) is 1. The van der Waals surface area contributed by atoms with Gasteiger partial charge in [0.05, 0.1) is 13.1 Å². The molecule has 0 aliphatic carbocycles. The first kappa shape index (κ1) is 14.0. The van der Waals surface area contributed by atoms with E-state index >= 15 is 0 Å². The number of amides is 2. The van der Waals surface area contributed by atoms with Crippen LogP contribution < -0.4 is 5.32 Å². The standard InChI is InChI=1S/C12H23N3O2/c1-4-6-13-10(2)5-7-15-9-11(16)14(3)8-12(15)17/h10,13H,4-9H2,1-3H3. The SMILES string of the molecule is CCCNC(C)CCN1CC(=O)N(C)CC1=O. The van der Waals surface area contributed by atoms with Crippen LogP contribution >= 0.6 is 0 Å². The minimum Gasteiger partial charge on any atom is -0.335 e. The molecule has 0 saturated carbocycles. The Morgan fingerprint density at radius 3 is 2.65 bits per heavy atom. The number of carbonyl (C=O) groups is 2. The van der Waals surface area contributed by atoms with Gasteiger partial charge in [0.2, 0.25) is 11.8 Å². The van der Waals surface area contributed by atoms with Crippen molar-refractivity contribution in [2.75, 3.05) is 33.2 Å². The van der Waals surface area contributed by atoms with Gasteiger partial charge in [-0.15, -0.1) is 0 Å². The van der Waals surface area contributed by atoms with E-state index in [1.807, 2.05) is 0 Å². The molecule has 0 aromatic rings. The highest BCUT2D eigenvalue weighted by Crippen LogP contribution is 2.04. The maximum Gasteiger partial charge on any atom is 0.242 e. The molecule has 2 amide bonds. The molecule has 0 aromatic heterocycles. The first-order valence-electron chi connectivity index (χ1n) is 6.29. The Morgan fingerprint density at radius 2 is 2.00 bits per heavy atom. The van der Waals surface area contributed by atoms with Crippen molar-refractivity contribution < 1.29 is 9.59 Å². The second-order valence-corrected chi connectivity index (χ2v) is 4.71. The molecule has 98 valence electrons. The Bertz CT molecular complexity index is 281. The van der Waals surface area contributed by atoms with Crippen LogP contribution in [0.2, 0.25) is 0 Å². The van der Waals surface area contributed by atoms with Crippen LogP contribution in [0.4, 0.5) is 0 Å². The average molecular weight is 241 g/mol. The quantitative estimate of drug-likeness (QED) is 0.716. The van der Waals surface area contributed by atoms with Crippen molar-refractivity contribution in [3.8, 4) is 0 Å². The van der Waals surface area contributed by atoms with Crippen molar-refractivity contribution in [3.05, 3.63) is 0 Å². The van der Waals surface area contributed by atoms with Crippen molar-refractivity contribution in [2.45, 2.75) is 32.7 Å². The summed E-state index contributed by atoms with van der Waals surface area (Å²) in [7, 11) is 1.67. The van der Waals surface area contributed by atoms with Gasteiger partial charge in [0.25, 0.3) is 0 Å². The molecule has 5 heteroatoms. The zero-order valence-electron chi connectivity index (χ0n) is 11.0. The summed E-state index contributed by atoms with van der Waals surface area (Å²) in [5.74, 6) is 0.0774. The van der Waals surface area contributed by atoms with E-state index in [4.69, 9.17) is 0 Å². The molecular weight excluding hydrogens is 218 g/mol. The van der Waals surface area contributed by atoms with Crippen LogP contribution in [-0.4, -0.2) is 60.9 Å². The molecule has 1 aliphatic rings. The third kappa shape index (κ3) is 4.34. The van der Waals surface area contributed by atoms with Crippen molar-refractivity contribution in [2.24, 2.45) is 0 Å². The summed E-state index contributed by atoms with van der Waals surface area (Å²) in [6.45, 7) is 6.35. The lowest BCUT2D eigenvalue weighted by Crippen LogP contribution is -2.52. The van der Waals surface area contributed by atoms with Gasteiger partial charge in [-0.05, 0) is 26.3 Å². The molecule has 1 rings (SSSR count). The molecule has 0 radical (unpaired) electrons. The van der Waals surface area contributed by atoms with Crippen molar-refractivity contribution in [3.63, 3.8) is 0 Å². The van der Waals surface area contributed by atoms with Crippen LogP contribution in [0.15, 0.2) is 0 Å². The van der Waals surface area contributed by atoms with Crippen molar-refractivity contribution in [1.82, 2.24) is 15.1 Å². The van der Waals surface area contributed by atoms with Crippen LogP contribution in [0, 0.1) is 0 Å². The normalized spacial score (nSPS) is 18.8. The van der Waals surface area contributed by atoms with Crippen molar-refractivity contribution >= 4 is 11.8 Å². The maximum atomic E-state index is 11.7. The molecule has 1 atom stereocenters. The number of carbonyl (C=O) groups excluding carboxylic acids is 2. The molecule has 1 saturated heterocycles. The van der Waals surface area contributed by atoms with Gasteiger partial charge in [0, 0.05) is 19.6 Å². The molecule has 1 aliphatic heterocycles. The minimum absolute atomic E-state index is 0.0266. The number of piperazine rings is 1. The smallest absolute Gasteiger partial charge is 0.242 e. The van der Waals surface area contributed by atoms with Crippen LogP contribution in [0.1, 0.15) is 26.7 Å². The third-order valence-electron chi connectivity index (χ3n) is 3.05. The van der Waals surface area contributed by atoms with E-state index < -0.39 is 0 Å². The van der Waals surface area contributed by atoms with E-state index in [-0.39, 0.29) is 24.9 Å². The predicted octanol–water partition coefficient (Wildman–Crippen LogP) is 0.0652. The molecule has 5 nitrogen and oxygen atoms in total. The fourth-order valence-corrected chi connectivity index (χ4v) is 1.81. The predicted molar refractivity (Wildman–Crippen MR) is 66.6 cm³/mol. The molecule has 0 bridgehead atoms. The van der Waals surface area contributed by atoms with Gasteiger partial charge in [0.15, 0.2) is 0 Å². The van der Waals surface area contributed by atoms with Crippen LogP contribution in [0.5, 0.6) is 0 Å². The summed E-state index contributed by atoms with van der Waals surface area (Å²) in [5.41, 5.74) is 0. The first-order valence-corrected chi connectivity index (χ1v) is 6.29. The molecule has 0 aromatic carbocycles. The van der Waals surface area contributed by atoms with Crippen LogP contribution in [0.3, 0.4) is 0 Å². The fourth-order valence-electron chi connectivity index (χ4n) is 1.81. The van der Waals surface area contributed by atoms with Crippen molar-refractivity contribution in [1.29, 1.82) is 0 Å². The second-order valence-electron chi connectivity index (χ2n) is 4.71. The highest BCUT2D eigenvalue weighted by molar-refractivity contribution is 5.92. The number of hydrogen-bond acceptors (Lipinski definition) is 3. The summed E-state index contributed by atoms with van der Waals surface area (Å²) in [4.78, 5) is 26.3. The van der Waals surface area contributed by atoms with Gasteiger partial charge in [-0.3, -0.25) is 9.59 Å². The molecule has 1 heterocycles. The summed E-state index contributed by atoms with van der Waals surface area (Å²) in [5, 5.41) is 3.37. The first-order chi connectivity index (χ1) is 8.04. The van der Waals surface area contributed by atoms with Gasteiger partial charge in [-0.25, -0.2) is 0 Å². The zero-order chi connectivity index (χ0) is 12.8. The Morgan fingerprint density at radius 1 is 1.29 bits per heavy atom. The van der Waals surface area contributed by atoms with E-state index in [1.165, 1.54) is 4.90 Å². The third-order valence-corrected chi connectivity index (χ3v) is 3.05. The summed E-state index contributed by atoms with van der Waals surface area (Å²) in [6, 6.07) is 0.387. The van der Waals surface area contributed by atoms with E-state index in [9.17, 15) is 9.59 Å². The number of nitrogens with zero attached hydrogens (tertiary/aromatic N) is 2. The lowest BCUT2D eigenvalue weighted by atomic mass is 10.2. The van der Waals surface area contributed by atoms with E-state index in [1.54, 1.807) is 11.9 Å². The minimum atomic E-state index is 0.0266. The largest absolute Gasteiger partial charge is 0.335 e. The topological polar surface area (TPSA) is 52.7 Å². The van der Waals surface area contributed by atoms with Gasteiger partial charge in [-0.2, -0.15) is 0 Å². The molecule has 0 spiro atoms. The number of rotatable bonds is 6. The monoisotopic (exact) mass is 241 g/mol. The van der Waals surface area contributed by atoms with Gasteiger partial charge < -0.3 is 15.1 Å². The Kier molecular flexibility index (Phi) is 5.41. The fraction of sp³-hybridized carbons (Fsp3) is 0.833. The van der Waals surface area contributed by atoms with E-state index in [2.05, 4.69) is 19.2 Å². The summed E-state index contributed by atoms with van der Waals surface area (Å²) < 4.78 is 0. The van der Waals surface area contributed by atoms with Crippen LogP contribution in [0.25, 0.3) is 0 Å². The highest BCUT2D eigenvalue weighted by atomic mass is 16.2. The maximum absolute atomic E-state index is 11.7. The molecule has 1 fully saturated rings. The number of hydrogen-bond donors (Lipinski definition) is 1. The van der Waals surface area contributed by atoms with Gasteiger partial charge in [0.1, 0.15) is 0 Å². The van der Waals surface area contributed by atoms with E-state index in [0.29, 0.717) is 12.6 Å².